The van der Waals surface area contributed by atoms with Gasteiger partial charge in [0.1, 0.15) is 0 Å². The lowest BCUT2D eigenvalue weighted by Crippen LogP contribution is -2.41. The zero-order valence-electron chi connectivity index (χ0n) is 31.6. The molecule has 0 bridgehead atoms. The Labute approximate surface area is 293 Å². The molecule has 0 saturated carbocycles. The van der Waals surface area contributed by atoms with Gasteiger partial charge in [-0.1, -0.05) is 113 Å². The molecule has 0 unspecified atom stereocenters. The van der Waals surface area contributed by atoms with Crippen LogP contribution in [0.4, 0.5) is 0 Å². The van der Waals surface area contributed by atoms with Crippen LogP contribution < -0.4 is 10.9 Å². The third-order valence-corrected chi connectivity index (χ3v) is 11.4. The highest BCUT2D eigenvalue weighted by Gasteiger charge is 2.52. The molecule has 2 aliphatic heterocycles. The van der Waals surface area contributed by atoms with Crippen LogP contribution in [0.25, 0.3) is 22.3 Å². The van der Waals surface area contributed by atoms with Crippen molar-refractivity contribution >= 4 is 25.2 Å². The number of hydrogen-bond donors (Lipinski definition) is 0. The van der Waals surface area contributed by atoms with E-state index in [1.54, 1.807) is 0 Å². The predicted molar refractivity (Wildman–Crippen MR) is 204 cm³/mol. The van der Waals surface area contributed by atoms with E-state index in [1.165, 1.54) is 84.7 Å². The lowest BCUT2D eigenvalue weighted by Gasteiger charge is -2.32. The van der Waals surface area contributed by atoms with Gasteiger partial charge in [0, 0.05) is 0 Å². The van der Waals surface area contributed by atoms with E-state index >= 15 is 0 Å². The van der Waals surface area contributed by atoms with Gasteiger partial charge in [-0.05, 0) is 125 Å². The van der Waals surface area contributed by atoms with Crippen molar-refractivity contribution in [3.8, 4) is 22.3 Å². The van der Waals surface area contributed by atoms with E-state index in [2.05, 4.69) is 130 Å². The molecule has 258 valence electrons. The topological polar surface area (TPSA) is 36.9 Å². The lowest BCUT2D eigenvalue weighted by molar-refractivity contribution is 0.00578. The summed E-state index contributed by atoms with van der Waals surface area (Å²) in [7, 11) is -0.705. The Morgan fingerprint density at radius 2 is 0.750 bits per heavy atom. The first-order valence-corrected chi connectivity index (χ1v) is 18.8. The van der Waals surface area contributed by atoms with Crippen molar-refractivity contribution in [2.75, 3.05) is 0 Å². The van der Waals surface area contributed by atoms with Crippen LogP contribution in [-0.2, 0) is 31.5 Å². The van der Waals surface area contributed by atoms with Gasteiger partial charge in [-0.15, -0.1) is 0 Å². The van der Waals surface area contributed by atoms with Crippen molar-refractivity contribution in [2.24, 2.45) is 0 Å². The van der Waals surface area contributed by atoms with Crippen LogP contribution in [0.3, 0.4) is 0 Å². The van der Waals surface area contributed by atoms with Crippen molar-refractivity contribution in [3.05, 3.63) is 71.8 Å². The summed E-state index contributed by atoms with van der Waals surface area (Å²) >= 11 is 0. The average Bonchev–Trinajstić information content (AvgIpc) is 3.41. The third-order valence-electron chi connectivity index (χ3n) is 11.4. The molecule has 3 aromatic rings. The van der Waals surface area contributed by atoms with E-state index in [-0.39, 0.29) is 36.6 Å². The number of rotatable bonds is 14. The van der Waals surface area contributed by atoms with Gasteiger partial charge in [-0.3, -0.25) is 0 Å². The molecule has 0 N–H and O–H groups in total. The first-order chi connectivity index (χ1) is 22.7. The van der Waals surface area contributed by atoms with Gasteiger partial charge in [0.2, 0.25) is 0 Å². The van der Waals surface area contributed by atoms with Gasteiger partial charge in [0.15, 0.2) is 0 Å². The summed E-state index contributed by atoms with van der Waals surface area (Å²) < 4.78 is 25.5. The monoisotopic (exact) mass is 650 g/mol. The Balaban J connectivity index is 1.49. The molecule has 48 heavy (non-hydrogen) atoms. The minimum atomic E-state index is -0.354. The standard InChI is InChI=1S/C42H60B2O4/c1-11-13-15-17-19-33-29-38(32-23-27-36(28-24-32)44-47-41(7,8)42(9,10)48-44)34(20-18-16-14-12-2)30-37(33)31-21-25-35(26-22-31)43-45-39(3,4)40(5,6)46-43/h21-30H,11-20H2,1-10H3. The molecule has 2 saturated heterocycles. The van der Waals surface area contributed by atoms with Crippen LogP contribution in [0, 0.1) is 0 Å². The van der Waals surface area contributed by atoms with Gasteiger partial charge < -0.3 is 18.6 Å². The van der Waals surface area contributed by atoms with Gasteiger partial charge in [-0.25, -0.2) is 0 Å². The highest BCUT2D eigenvalue weighted by molar-refractivity contribution is 6.62. The molecule has 2 fully saturated rings. The van der Waals surface area contributed by atoms with Gasteiger partial charge >= 0.3 is 14.2 Å². The summed E-state index contributed by atoms with van der Waals surface area (Å²) in [4.78, 5) is 0. The molecule has 0 amide bonds. The minimum Gasteiger partial charge on any atom is -0.399 e. The molecule has 4 nitrogen and oxygen atoms in total. The van der Waals surface area contributed by atoms with E-state index in [0.717, 1.165) is 23.8 Å². The third kappa shape index (κ3) is 7.99. The van der Waals surface area contributed by atoms with Crippen LogP contribution in [0.2, 0.25) is 0 Å². The summed E-state index contributed by atoms with van der Waals surface area (Å²) in [5.41, 5.74) is 8.82. The van der Waals surface area contributed by atoms with E-state index in [1.807, 2.05) is 0 Å². The molecular weight excluding hydrogens is 590 g/mol. The van der Waals surface area contributed by atoms with Gasteiger partial charge in [0.25, 0.3) is 0 Å². The van der Waals surface area contributed by atoms with E-state index in [0.29, 0.717) is 0 Å². The summed E-state index contributed by atoms with van der Waals surface area (Å²) in [6.07, 6.45) is 12.1. The Hall–Kier alpha value is -2.37. The average molecular weight is 651 g/mol. The molecule has 0 aromatic heterocycles. The van der Waals surface area contributed by atoms with Crippen molar-refractivity contribution in [2.45, 2.75) is 156 Å². The molecule has 0 aliphatic carbocycles. The summed E-state index contributed by atoms with van der Waals surface area (Å²) in [6.45, 7) is 21.5. The second kappa shape index (κ2) is 14.9. The number of benzene rings is 3. The first kappa shape index (κ1) is 36.9. The molecule has 0 radical (unpaired) electrons. The SMILES string of the molecule is CCCCCCc1cc(-c2ccc(B3OC(C)(C)C(C)(C)O3)cc2)c(CCCCCC)cc1-c1ccc(B2OC(C)(C)C(C)(C)O2)cc1. The molecule has 5 rings (SSSR count). The summed E-state index contributed by atoms with van der Waals surface area (Å²) in [5.74, 6) is 0. The highest BCUT2D eigenvalue weighted by atomic mass is 16.7. The second-order valence-electron chi connectivity index (χ2n) is 16.2. The van der Waals surface area contributed by atoms with Crippen molar-refractivity contribution in [1.82, 2.24) is 0 Å². The number of aryl methyl sites for hydroxylation is 2. The quantitative estimate of drug-likeness (QED) is 0.129. The fourth-order valence-corrected chi connectivity index (χ4v) is 6.72. The van der Waals surface area contributed by atoms with Gasteiger partial charge in [-0.2, -0.15) is 0 Å². The Kier molecular flexibility index (Phi) is 11.4. The molecular formula is C42H60B2O4. The largest absolute Gasteiger partial charge is 0.494 e. The smallest absolute Gasteiger partial charge is 0.399 e. The molecule has 0 spiro atoms. The first-order valence-electron chi connectivity index (χ1n) is 18.8. The lowest BCUT2D eigenvalue weighted by atomic mass is 9.77. The van der Waals surface area contributed by atoms with Crippen molar-refractivity contribution in [1.29, 1.82) is 0 Å². The number of hydrogen-bond acceptors (Lipinski definition) is 4. The van der Waals surface area contributed by atoms with Crippen LogP contribution in [-0.4, -0.2) is 36.6 Å². The zero-order valence-corrected chi connectivity index (χ0v) is 31.6. The fourth-order valence-electron chi connectivity index (χ4n) is 6.72. The predicted octanol–water partition coefficient (Wildman–Crippen LogP) is 9.86. The fraction of sp³-hybridized carbons (Fsp3) is 0.571. The van der Waals surface area contributed by atoms with Crippen LogP contribution in [0.15, 0.2) is 60.7 Å². The van der Waals surface area contributed by atoms with Crippen LogP contribution in [0.1, 0.15) is 132 Å². The van der Waals surface area contributed by atoms with Crippen LogP contribution in [0.5, 0.6) is 0 Å². The molecule has 0 atom stereocenters. The van der Waals surface area contributed by atoms with Crippen LogP contribution >= 0.6 is 0 Å². The molecule has 2 aliphatic rings. The summed E-state index contributed by atoms with van der Waals surface area (Å²) in [5, 5.41) is 0. The normalized spacial score (nSPS) is 19.3. The Morgan fingerprint density at radius 1 is 0.438 bits per heavy atom. The van der Waals surface area contributed by atoms with Gasteiger partial charge in [0.05, 0.1) is 22.4 Å². The minimum absolute atomic E-state index is 0.353. The Morgan fingerprint density at radius 3 is 1.04 bits per heavy atom. The maximum Gasteiger partial charge on any atom is 0.494 e. The van der Waals surface area contributed by atoms with E-state index < -0.39 is 0 Å². The van der Waals surface area contributed by atoms with Crippen molar-refractivity contribution in [3.63, 3.8) is 0 Å². The molecule has 2 heterocycles. The second-order valence-corrected chi connectivity index (χ2v) is 16.2. The van der Waals surface area contributed by atoms with Crippen molar-refractivity contribution < 1.29 is 18.6 Å². The summed E-state index contributed by atoms with van der Waals surface area (Å²) in [6, 6.07) is 22.9. The maximum absolute atomic E-state index is 6.37. The highest BCUT2D eigenvalue weighted by Crippen LogP contribution is 2.39. The molecule has 6 heteroatoms. The Bertz CT molecular complexity index is 1360. The zero-order chi connectivity index (χ0) is 34.7. The molecule has 3 aromatic carbocycles. The van der Waals surface area contributed by atoms with E-state index in [4.69, 9.17) is 18.6 Å². The maximum atomic E-state index is 6.37. The van der Waals surface area contributed by atoms with E-state index in [9.17, 15) is 0 Å². The number of unbranched alkanes of at least 4 members (excludes halogenated alkanes) is 6.